The van der Waals surface area contributed by atoms with Crippen molar-refractivity contribution < 1.29 is 28.1 Å². The van der Waals surface area contributed by atoms with E-state index in [2.05, 4.69) is 15.4 Å². The van der Waals surface area contributed by atoms with Crippen LogP contribution in [0.2, 0.25) is 0 Å². The van der Waals surface area contributed by atoms with Crippen LogP contribution >= 0.6 is 11.8 Å². The molecule has 1 aliphatic heterocycles. The number of methoxy groups -OCH3 is 1. The van der Waals surface area contributed by atoms with Crippen LogP contribution in [0, 0.1) is 0 Å². The molecule has 2 unspecified atom stereocenters. The number of rotatable bonds is 6. The van der Waals surface area contributed by atoms with E-state index in [4.69, 9.17) is 4.74 Å². The average Bonchev–Trinajstić information content (AvgIpc) is 3.34. The molecule has 0 bridgehead atoms. The molecule has 180 valence electrons. The van der Waals surface area contributed by atoms with Crippen molar-refractivity contribution in [2.45, 2.75) is 32.0 Å². The lowest BCUT2D eigenvalue weighted by molar-refractivity contribution is -0.138. The Morgan fingerprint density at radius 1 is 1.29 bits per heavy atom. The lowest BCUT2D eigenvalue weighted by Gasteiger charge is -2.15. The molecule has 1 aromatic heterocycles. The number of hydrogen-bond acceptors (Lipinski definition) is 6. The van der Waals surface area contributed by atoms with Crippen LogP contribution in [0.25, 0.3) is 17.0 Å². The van der Waals surface area contributed by atoms with Crippen molar-refractivity contribution in [1.82, 2.24) is 15.1 Å². The summed E-state index contributed by atoms with van der Waals surface area (Å²) >= 11 is 1.28. The molecule has 3 aromatic rings. The molecule has 0 radical (unpaired) electrons. The van der Waals surface area contributed by atoms with Crippen molar-refractivity contribution in [3.63, 3.8) is 0 Å². The van der Waals surface area contributed by atoms with Crippen molar-refractivity contribution in [3.05, 3.63) is 64.2 Å². The first-order valence-electron chi connectivity index (χ1n) is 10.4. The summed E-state index contributed by atoms with van der Waals surface area (Å²) in [5.41, 5.74) is 0.811. The number of aromatic nitrogens is 2. The third-order valence-electron chi connectivity index (χ3n) is 5.16. The number of thioether (sulfide) groups is 1. The van der Waals surface area contributed by atoms with Gasteiger partial charge in [-0.2, -0.15) is 18.3 Å². The minimum Gasteiger partial charge on any atom is -0.497 e. The maximum atomic E-state index is 13.6. The highest BCUT2D eigenvalue weighted by Crippen LogP contribution is 2.35. The molecule has 0 amide bonds. The molecule has 2 atom stereocenters. The average molecular weight is 493 g/mol. The molecule has 7 nitrogen and oxygen atoms in total. The van der Waals surface area contributed by atoms with E-state index in [0.717, 1.165) is 17.0 Å². The highest BCUT2D eigenvalue weighted by atomic mass is 32.2. The third kappa shape index (κ3) is 5.37. The third-order valence-corrected chi connectivity index (χ3v) is 6.18. The van der Waals surface area contributed by atoms with Crippen molar-refractivity contribution in [3.8, 4) is 5.75 Å². The zero-order valence-corrected chi connectivity index (χ0v) is 19.2. The molecular formula is C23H23F3N4O3S. The van der Waals surface area contributed by atoms with Gasteiger partial charge in [0.15, 0.2) is 11.4 Å². The van der Waals surface area contributed by atoms with Crippen molar-refractivity contribution in [1.29, 1.82) is 0 Å². The van der Waals surface area contributed by atoms with Crippen LogP contribution < -0.4 is 10.1 Å². The number of hydrogen-bond donors (Lipinski definition) is 3. The number of aliphatic hydroxyl groups excluding tert-OH is 2. The first-order valence-corrected chi connectivity index (χ1v) is 11.2. The van der Waals surface area contributed by atoms with Gasteiger partial charge in [-0.15, -0.1) is 0 Å². The Hall–Kier alpha value is -3.02. The van der Waals surface area contributed by atoms with E-state index in [0.29, 0.717) is 15.6 Å². The van der Waals surface area contributed by atoms with Crippen molar-refractivity contribution in [2.75, 3.05) is 13.7 Å². The second-order valence-electron chi connectivity index (χ2n) is 7.83. The van der Waals surface area contributed by atoms with Crippen LogP contribution in [0.1, 0.15) is 23.6 Å². The highest BCUT2D eigenvalue weighted by molar-refractivity contribution is 8.17. The van der Waals surface area contributed by atoms with E-state index in [1.54, 1.807) is 25.3 Å². The molecule has 0 saturated carbocycles. The van der Waals surface area contributed by atoms with Gasteiger partial charge in [0.1, 0.15) is 5.75 Å². The number of ether oxygens (including phenoxy) is 1. The van der Waals surface area contributed by atoms with Gasteiger partial charge in [-0.3, -0.25) is 9.67 Å². The van der Waals surface area contributed by atoms with E-state index in [1.807, 2.05) is 12.1 Å². The van der Waals surface area contributed by atoms with Gasteiger partial charge < -0.3 is 20.3 Å². The Morgan fingerprint density at radius 3 is 2.79 bits per heavy atom. The minimum absolute atomic E-state index is 0.0512. The molecule has 1 fully saturated rings. The van der Waals surface area contributed by atoms with Gasteiger partial charge in [0, 0.05) is 10.3 Å². The Bertz CT molecular complexity index is 1250. The first kappa shape index (κ1) is 24.1. The number of amidine groups is 1. The number of benzene rings is 2. The normalized spacial score (nSPS) is 19.7. The number of halogens is 3. The van der Waals surface area contributed by atoms with Gasteiger partial charge in [-0.1, -0.05) is 23.9 Å². The zero-order valence-electron chi connectivity index (χ0n) is 18.4. The second kappa shape index (κ2) is 9.69. The first-order chi connectivity index (χ1) is 16.1. The molecule has 2 aromatic carbocycles. The van der Waals surface area contributed by atoms with E-state index < -0.39 is 24.1 Å². The standard InChI is InChI=1S/C23H23F3N4O3S/c1-13(31)10-27-22-29-21(32)20(34-22)8-14-3-6-19-16(7-14)11-28-30(19)12-15-4-5-17(33-2)9-18(15)23(24,25)26/h3-9,11,13,21,31-32H,10,12H2,1-2H3,(H,27,29). The summed E-state index contributed by atoms with van der Waals surface area (Å²) in [5, 5.41) is 28.0. The summed E-state index contributed by atoms with van der Waals surface area (Å²) in [5.74, 6) is 0.139. The fraction of sp³-hybridized carbons (Fsp3) is 0.304. The smallest absolute Gasteiger partial charge is 0.416 e. The summed E-state index contributed by atoms with van der Waals surface area (Å²) in [7, 11) is 1.32. The van der Waals surface area contributed by atoms with Gasteiger partial charge in [0.2, 0.25) is 0 Å². The molecule has 34 heavy (non-hydrogen) atoms. The second-order valence-corrected chi connectivity index (χ2v) is 8.89. The number of nitrogens with zero attached hydrogens (tertiary/aromatic N) is 3. The summed E-state index contributed by atoms with van der Waals surface area (Å²) in [6, 6.07) is 9.33. The molecule has 1 aliphatic rings. The summed E-state index contributed by atoms with van der Waals surface area (Å²) in [6.07, 6.45) is -2.61. The van der Waals surface area contributed by atoms with Crippen LogP contribution in [-0.4, -0.2) is 51.1 Å². The largest absolute Gasteiger partial charge is 0.497 e. The monoisotopic (exact) mass is 492 g/mol. The van der Waals surface area contributed by atoms with Gasteiger partial charge in [-0.25, -0.2) is 0 Å². The molecule has 1 saturated heterocycles. The molecule has 0 aliphatic carbocycles. The van der Waals surface area contributed by atoms with Crippen LogP contribution in [0.5, 0.6) is 5.75 Å². The molecule has 3 N–H and O–H groups in total. The van der Waals surface area contributed by atoms with Crippen LogP contribution in [0.4, 0.5) is 13.2 Å². The lowest BCUT2D eigenvalue weighted by atomic mass is 10.1. The highest BCUT2D eigenvalue weighted by Gasteiger charge is 2.34. The van der Waals surface area contributed by atoms with Crippen LogP contribution in [-0.2, 0) is 12.7 Å². The molecule has 0 spiro atoms. The van der Waals surface area contributed by atoms with Gasteiger partial charge >= 0.3 is 6.18 Å². The van der Waals surface area contributed by atoms with Gasteiger partial charge in [-0.05, 0) is 48.4 Å². The summed E-state index contributed by atoms with van der Waals surface area (Å²) < 4.78 is 47.1. The Kier molecular flexibility index (Phi) is 6.87. The lowest BCUT2D eigenvalue weighted by Crippen LogP contribution is -2.26. The topological polar surface area (TPSA) is 91.9 Å². The fourth-order valence-electron chi connectivity index (χ4n) is 3.52. The van der Waals surface area contributed by atoms with Crippen LogP contribution in [0.15, 0.2) is 52.5 Å². The van der Waals surface area contributed by atoms with Gasteiger partial charge in [0.25, 0.3) is 0 Å². The predicted molar refractivity (Wildman–Crippen MR) is 126 cm³/mol. The number of fused-ring (bicyclic) bond motifs is 1. The maximum absolute atomic E-state index is 13.6. The number of aliphatic hydroxyl groups is 2. The Labute approximate surface area is 197 Å². The SMILES string of the molecule is COc1ccc(Cn2ncc3cc(C=C4SC(=NCC(C)O)NC4O)ccc32)c(C(F)(F)F)c1. The molecule has 2 heterocycles. The molecule has 11 heteroatoms. The number of aliphatic imine (C=N–C) groups is 1. The molecule has 4 rings (SSSR count). The quantitative estimate of drug-likeness (QED) is 0.484. The van der Waals surface area contributed by atoms with E-state index in [1.165, 1.54) is 35.7 Å². The van der Waals surface area contributed by atoms with E-state index in [9.17, 15) is 23.4 Å². The van der Waals surface area contributed by atoms with Crippen LogP contribution in [0.3, 0.4) is 0 Å². The van der Waals surface area contributed by atoms with Gasteiger partial charge in [0.05, 0.1) is 43.6 Å². The van der Waals surface area contributed by atoms with Crippen molar-refractivity contribution >= 4 is 33.9 Å². The minimum atomic E-state index is -4.52. The van der Waals surface area contributed by atoms with E-state index >= 15 is 0 Å². The molecular weight excluding hydrogens is 469 g/mol. The maximum Gasteiger partial charge on any atom is 0.416 e. The number of alkyl halides is 3. The zero-order chi connectivity index (χ0) is 24.5. The summed E-state index contributed by atoms with van der Waals surface area (Å²) in [6.45, 7) is 1.81. The fourth-order valence-corrected chi connectivity index (χ4v) is 4.42. The van der Waals surface area contributed by atoms with Crippen molar-refractivity contribution in [2.24, 2.45) is 4.99 Å². The number of nitrogens with one attached hydrogen (secondary N) is 1. The Balaban J connectivity index is 1.58. The predicted octanol–water partition coefficient (Wildman–Crippen LogP) is 3.84. The van der Waals surface area contributed by atoms with E-state index in [-0.39, 0.29) is 24.4 Å². The Morgan fingerprint density at radius 2 is 2.09 bits per heavy atom. The summed E-state index contributed by atoms with van der Waals surface area (Å²) in [4.78, 5) is 4.85.